The molecule has 1 aliphatic heterocycles. The minimum absolute atomic E-state index is 0.0147. The Bertz CT molecular complexity index is 640. The van der Waals surface area contributed by atoms with Crippen LogP contribution in [-0.2, 0) is 0 Å². The molecule has 0 bridgehead atoms. The molecule has 5 heteroatoms. The van der Waals surface area contributed by atoms with Crippen molar-refractivity contribution in [2.24, 2.45) is 0 Å². The second-order valence-corrected chi connectivity index (χ2v) is 5.67. The van der Waals surface area contributed by atoms with E-state index in [1.54, 1.807) is 12.3 Å². The molecule has 110 valence electrons. The van der Waals surface area contributed by atoms with Crippen LogP contribution < -0.4 is 5.32 Å². The Kier molecular flexibility index (Phi) is 3.88. The molecule has 1 N–H and O–H groups in total. The lowest BCUT2D eigenvalue weighted by Crippen LogP contribution is -2.34. The maximum Gasteiger partial charge on any atom is 0.322 e. The van der Waals surface area contributed by atoms with E-state index in [0.29, 0.717) is 10.7 Å². The van der Waals surface area contributed by atoms with Gasteiger partial charge in [-0.05, 0) is 49.6 Å². The number of nitrogens with one attached hydrogen (secondary N) is 1. The van der Waals surface area contributed by atoms with Crippen LogP contribution in [0.15, 0.2) is 41.0 Å². The summed E-state index contributed by atoms with van der Waals surface area (Å²) in [5.74, 6) is 0.838. The lowest BCUT2D eigenvalue weighted by molar-refractivity contribution is 0.200. The van der Waals surface area contributed by atoms with E-state index in [1.807, 2.05) is 36.1 Å². The number of rotatable bonds is 2. The van der Waals surface area contributed by atoms with E-state index in [2.05, 4.69) is 5.32 Å². The molecular formula is C16H17ClN2O2. The minimum Gasteiger partial charge on any atom is -0.467 e. The van der Waals surface area contributed by atoms with Gasteiger partial charge in [-0.3, -0.25) is 0 Å². The van der Waals surface area contributed by atoms with Crippen LogP contribution in [0.3, 0.4) is 0 Å². The normalized spacial score (nSPS) is 18.0. The third-order valence-electron chi connectivity index (χ3n) is 3.81. The molecule has 0 radical (unpaired) electrons. The number of furan rings is 1. The average molecular weight is 305 g/mol. The predicted molar refractivity (Wildman–Crippen MR) is 82.6 cm³/mol. The van der Waals surface area contributed by atoms with E-state index in [9.17, 15) is 4.79 Å². The topological polar surface area (TPSA) is 45.5 Å². The van der Waals surface area contributed by atoms with E-state index < -0.39 is 0 Å². The van der Waals surface area contributed by atoms with Crippen molar-refractivity contribution in [3.05, 3.63) is 52.9 Å². The van der Waals surface area contributed by atoms with E-state index in [-0.39, 0.29) is 12.1 Å². The largest absolute Gasteiger partial charge is 0.467 e. The Morgan fingerprint density at radius 1 is 1.43 bits per heavy atom. The second kappa shape index (κ2) is 5.82. The van der Waals surface area contributed by atoms with Crippen molar-refractivity contribution in [2.45, 2.75) is 25.8 Å². The van der Waals surface area contributed by atoms with Crippen LogP contribution in [0.5, 0.6) is 0 Å². The van der Waals surface area contributed by atoms with Crippen molar-refractivity contribution < 1.29 is 9.21 Å². The summed E-state index contributed by atoms with van der Waals surface area (Å²) in [6.45, 7) is 2.66. The summed E-state index contributed by atoms with van der Waals surface area (Å²) in [5.41, 5.74) is 1.70. The Hall–Kier alpha value is -1.94. The number of anilines is 1. The molecule has 1 aromatic carbocycles. The molecule has 0 aliphatic carbocycles. The highest BCUT2D eigenvalue weighted by Gasteiger charge is 2.31. The Balaban J connectivity index is 1.73. The first kappa shape index (κ1) is 14.0. The molecule has 1 aliphatic rings. The lowest BCUT2D eigenvalue weighted by Gasteiger charge is -2.23. The number of aryl methyl sites for hydroxylation is 1. The maximum absolute atomic E-state index is 12.4. The van der Waals surface area contributed by atoms with Crippen LogP contribution in [-0.4, -0.2) is 17.5 Å². The van der Waals surface area contributed by atoms with Crippen LogP contribution in [0.4, 0.5) is 10.5 Å². The summed E-state index contributed by atoms with van der Waals surface area (Å²) < 4.78 is 5.44. The van der Waals surface area contributed by atoms with Gasteiger partial charge in [0.1, 0.15) is 5.76 Å². The molecule has 1 aromatic heterocycles. The van der Waals surface area contributed by atoms with Crippen molar-refractivity contribution in [3.8, 4) is 0 Å². The van der Waals surface area contributed by atoms with E-state index >= 15 is 0 Å². The van der Waals surface area contributed by atoms with Gasteiger partial charge in [-0.15, -0.1) is 0 Å². The maximum atomic E-state index is 12.4. The first-order chi connectivity index (χ1) is 10.1. The zero-order valence-electron chi connectivity index (χ0n) is 11.8. The molecule has 2 amide bonds. The third kappa shape index (κ3) is 2.90. The summed E-state index contributed by atoms with van der Waals surface area (Å²) in [4.78, 5) is 14.3. The fraction of sp³-hybridized carbons (Fsp3) is 0.312. The van der Waals surface area contributed by atoms with E-state index in [0.717, 1.165) is 30.7 Å². The van der Waals surface area contributed by atoms with Gasteiger partial charge in [-0.1, -0.05) is 17.7 Å². The van der Waals surface area contributed by atoms with Gasteiger partial charge in [-0.25, -0.2) is 4.79 Å². The monoisotopic (exact) mass is 304 g/mol. The molecule has 0 saturated carbocycles. The molecular weight excluding hydrogens is 288 g/mol. The number of benzene rings is 1. The summed E-state index contributed by atoms with van der Waals surface area (Å²) >= 11 is 6.09. The average Bonchev–Trinajstić information content (AvgIpc) is 3.12. The highest BCUT2D eigenvalue weighted by molar-refractivity contribution is 6.31. The smallest absolute Gasteiger partial charge is 0.322 e. The number of urea groups is 1. The number of carbonyl (C=O) groups is 1. The van der Waals surface area contributed by atoms with E-state index in [4.69, 9.17) is 16.0 Å². The highest BCUT2D eigenvalue weighted by atomic mass is 35.5. The number of halogens is 1. The van der Waals surface area contributed by atoms with Crippen LogP contribution >= 0.6 is 11.6 Å². The number of likely N-dealkylation sites (tertiary alicyclic amines) is 1. The molecule has 1 atom stereocenters. The molecule has 0 unspecified atom stereocenters. The quantitative estimate of drug-likeness (QED) is 0.880. The Labute approximate surface area is 128 Å². The fourth-order valence-corrected chi connectivity index (χ4v) is 2.83. The summed E-state index contributed by atoms with van der Waals surface area (Å²) in [7, 11) is 0. The number of amides is 2. The van der Waals surface area contributed by atoms with Crippen molar-refractivity contribution in [2.75, 3.05) is 11.9 Å². The predicted octanol–water partition coefficient (Wildman–Crippen LogP) is 4.61. The third-order valence-corrected chi connectivity index (χ3v) is 4.22. The van der Waals surface area contributed by atoms with Crippen molar-refractivity contribution >= 4 is 23.3 Å². The number of nitrogens with zero attached hydrogens (tertiary/aromatic N) is 1. The Morgan fingerprint density at radius 2 is 2.29 bits per heavy atom. The number of hydrogen-bond donors (Lipinski definition) is 1. The summed E-state index contributed by atoms with van der Waals surface area (Å²) in [6.07, 6.45) is 3.55. The van der Waals surface area contributed by atoms with Gasteiger partial charge in [0, 0.05) is 17.3 Å². The van der Waals surface area contributed by atoms with Crippen LogP contribution in [0.25, 0.3) is 0 Å². The summed E-state index contributed by atoms with van der Waals surface area (Å²) in [6, 6.07) is 9.19. The van der Waals surface area contributed by atoms with Gasteiger partial charge in [-0.2, -0.15) is 0 Å². The molecule has 1 saturated heterocycles. The minimum atomic E-state index is -0.117. The fourth-order valence-electron chi connectivity index (χ4n) is 2.65. The van der Waals surface area contributed by atoms with Crippen molar-refractivity contribution in [3.63, 3.8) is 0 Å². The van der Waals surface area contributed by atoms with Crippen molar-refractivity contribution in [1.29, 1.82) is 0 Å². The molecule has 2 aromatic rings. The molecule has 1 fully saturated rings. The standard InChI is InChI=1S/C16H17ClN2O2/c1-11-6-7-12(10-13(11)17)18-16(20)19-8-2-4-14(19)15-5-3-9-21-15/h3,5-7,9-10,14H,2,4,8H2,1H3,(H,18,20)/t14-/m0/s1. The Morgan fingerprint density at radius 3 is 3.00 bits per heavy atom. The molecule has 0 spiro atoms. The van der Waals surface area contributed by atoms with E-state index in [1.165, 1.54) is 0 Å². The first-order valence-electron chi connectivity index (χ1n) is 7.02. The molecule has 2 heterocycles. The molecule has 4 nitrogen and oxygen atoms in total. The number of hydrogen-bond acceptors (Lipinski definition) is 2. The van der Waals surface area contributed by atoms with Crippen molar-refractivity contribution in [1.82, 2.24) is 4.90 Å². The number of carbonyl (C=O) groups excluding carboxylic acids is 1. The highest BCUT2D eigenvalue weighted by Crippen LogP contribution is 2.32. The van der Waals surface area contributed by atoms with Crippen LogP contribution in [0.1, 0.15) is 30.2 Å². The van der Waals surface area contributed by atoms with Gasteiger partial charge in [0.05, 0.1) is 12.3 Å². The zero-order chi connectivity index (χ0) is 14.8. The molecule has 21 heavy (non-hydrogen) atoms. The van der Waals surface area contributed by atoms with Gasteiger partial charge < -0.3 is 14.6 Å². The lowest BCUT2D eigenvalue weighted by atomic mass is 10.2. The van der Waals surface area contributed by atoms with Gasteiger partial charge >= 0.3 is 6.03 Å². The second-order valence-electron chi connectivity index (χ2n) is 5.26. The molecule has 3 rings (SSSR count). The van der Waals surface area contributed by atoms with Crippen LogP contribution in [0.2, 0.25) is 5.02 Å². The SMILES string of the molecule is Cc1ccc(NC(=O)N2CCC[C@H]2c2ccco2)cc1Cl. The van der Waals surface area contributed by atoms with Gasteiger partial charge in [0.15, 0.2) is 0 Å². The zero-order valence-corrected chi connectivity index (χ0v) is 12.6. The van der Waals surface area contributed by atoms with Gasteiger partial charge in [0.25, 0.3) is 0 Å². The summed E-state index contributed by atoms with van der Waals surface area (Å²) in [5, 5.41) is 3.55. The first-order valence-corrected chi connectivity index (χ1v) is 7.40. The van der Waals surface area contributed by atoms with Gasteiger partial charge in [0.2, 0.25) is 0 Å². The van der Waals surface area contributed by atoms with Crippen LogP contribution in [0, 0.1) is 6.92 Å².